The number of carbonyl (C=O) groups is 3. The van der Waals surface area contributed by atoms with Crippen molar-refractivity contribution in [1.29, 1.82) is 0 Å². The highest BCUT2D eigenvalue weighted by molar-refractivity contribution is 6.45. The predicted octanol–water partition coefficient (Wildman–Crippen LogP) is 2.61. The molecule has 0 aliphatic heterocycles. The van der Waals surface area contributed by atoms with Crippen LogP contribution in [0.3, 0.4) is 0 Å². The third kappa shape index (κ3) is 3.25. The molecule has 1 aliphatic carbocycles. The van der Waals surface area contributed by atoms with Crippen molar-refractivity contribution in [2.45, 2.75) is 6.92 Å². The van der Waals surface area contributed by atoms with Crippen LogP contribution < -0.4 is 0 Å². The lowest BCUT2D eigenvalue weighted by Crippen LogP contribution is -2.21. The van der Waals surface area contributed by atoms with Gasteiger partial charge in [-0.15, -0.1) is 0 Å². The molecular weight excluding hydrogens is 336 g/mol. The number of Topliss-reactive ketones (excluding diaryl/α,β-unsaturated/α-hetero) is 1. The molecule has 2 N–H and O–H groups in total. The molecule has 0 atom stereocenters. The van der Waals surface area contributed by atoms with Gasteiger partial charge in [-0.3, -0.25) is 14.4 Å². The van der Waals surface area contributed by atoms with Gasteiger partial charge < -0.3 is 14.9 Å². The van der Waals surface area contributed by atoms with E-state index in [4.69, 9.17) is 4.74 Å². The molecule has 0 amide bonds. The average molecular weight is 350 g/mol. The first-order chi connectivity index (χ1) is 12.4. The molecule has 2 aromatic carbocycles. The maximum Gasteiger partial charge on any atom is 0.308 e. The summed E-state index contributed by atoms with van der Waals surface area (Å²) in [5, 5.41) is 18.8. The Balaban J connectivity index is 2.13. The summed E-state index contributed by atoms with van der Waals surface area (Å²) in [6.07, 6.45) is 1.17. The van der Waals surface area contributed by atoms with Crippen LogP contribution in [-0.4, -0.2) is 27.7 Å². The monoisotopic (exact) mass is 350 g/mol. The Hall–Kier alpha value is -3.67. The van der Waals surface area contributed by atoms with Gasteiger partial charge in [-0.2, -0.15) is 0 Å². The summed E-state index contributed by atoms with van der Waals surface area (Å²) in [6, 6.07) is 11.4. The van der Waals surface area contributed by atoms with Crippen molar-refractivity contribution >= 4 is 28.7 Å². The lowest BCUT2D eigenvalue weighted by molar-refractivity contribution is -0.139. The fourth-order valence-corrected chi connectivity index (χ4v) is 2.61. The van der Waals surface area contributed by atoms with E-state index < -0.39 is 17.5 Å². The maximum atomic E-state index is 12.9. The molecule has 0 fully saturated rings. The highest BCUT2D eigenvalue weighted by Crippen LogP contribution is 2.33. The Labute approximate surface area is 148 Å². The quantitative estimate of drug-likeness (QED) is 0.652. The Morgan fingerprint density at radius 2 is 1.35 bits per heavy atom. The zero-order valence-electron chi connectivity index (χ0n) is 13.7. The molecule has 0 heterocycles. The zero-order chi connectivity index (χ0) is 18.8. The van der Waals surface area contributed by atoms with Gasteiger partial charge >= 0.3 is 5.97 Å². The Kier molecular flexibility index (Phi) is 4.41. The topological polar surface area (TPSA) is 101 Å². The first kappa shape index (κ1) is 17.2. The SMILES string of the molecule is CC(=O)OC1=C(c2ccc(O)cc2)C(=O)C=C(c2ccc(O)cc2)C1=O. The fourth-order valence-electron chi connectivity index (χ4n) is 2.61. The lowest BCUT2D eigenvalue weighted by Gasteiger charge is -2.18. The molecule has 130 valence electrons. The molecule has 0 unspecified atom stereocenters. The molecule has 0 bridgehead atoms. The molecular formula is C20H14O6. The maximum absolute atomic E-state index is 12.9. The van der Waals surface area contributed by atoms with E-state index in [1.54, 1.807) is 0 Å². The highest BCUT2D eigenvalue weighted by Gasteiger charge is 2.32. The Bertz CT molecular complexity index is 962. The minimum atomic E-state index is -0.732. The summed E-state index contributed by atoms with van der Waals surface area (Å²) in [4.78, 5) is 37.0. The fraction of sp³-hybridized carbons (Fsp3) is 0.0500. The second kappa shape index (κ2) is 6.68. The van der Waals surface area contributed by atoms with Crippen LogP contribution in [0.25, 0.3) is 11.1 Å². The number of rotatable bonds is 3. The largest absolute Gasteiger partial charge is 0.508 e. The summed E-state index contributed by atoms with van der Waals surface area (Å²) in [6.45, 7) is 1.14. The molecule has 0 aromatic heterocycles. The third-order valence-electron chi connectivity index (χ3n) is 3.78. The van der Waals surface area contributed by atoms with E-state index in [2.05, 4.69) is 0 Å². The van der Waals surface area contributed by atoms with Crippen molar-refractivity contribution in [2.75, 3.05) is 0 Å². The standard InChI is InChI=1S/C20H14O6/c1-11(21)26-20-18(13-4-8-15(23)9-5-13)17(24)10-16(19(20)25)12-2-6-14(22)7-3-12/h2-10,22-23H,1H3. The Morgan fingerprint density at radius 3 is 1.85 bits per heavy atom. The van der Waals surface area contributed by atoms with E-state index in [0.29, 0.717) is 11.1 Å². The summed E-state index contributed by atoms with van der Waals surface area (Å²) >= 11 is 0. The first-order valence-electron chi connectivity index (χ1n) is 7.69. The van der Waals surface area contributed by atoms with Crippen molar-refractivity contribution < 1.29 is 29.3 Å². The summed E-state index contributed by atoms with van der Waals surface area (Å²) in [5.41, 5.74) is 0.774. The van der Waals surface area contributed by atoms with Crippen LogP contribution in [0.4, 0.5) is 0 Å². The lowest BCUT2D eigenvalue weighted by atomic mass is 9.87. The van der Waals surface area contributed by atoms with E-state index in [0.717, 1.165) is 6.92 Å². The molecule has 26 heavy (non-hydrogen) atoms. The van der Waals surface area contributed by atoms with E-state index in [1.165, 1.54) is 54.6 Å². The zero-order valence-corrected chi connectivity index (χ0v) is 13.7. The van der Waals surface area contributed by atoms with E-state index >= 15 is 0 Å². The summed E-state index contributed by atoms with van der Waals surface area (Å²) in [5.74, 6) is -2.20. The smallest absolute Gasteiger partial charge is 0.308 e. The number of carbonyl (C=O) groups excluding carboxylic acids is 3. The van der Waals surface area contributed by atoms with Crippen LogP contribution in [0.1, 0.15) is 18.1 Å². The second-order valence-electron chi connectivity index (χ2n) is 5.64. The number of esters is 1. The normalized spacial score (nSPS) is 14.3. The highest BCUT2D eigenvalue weighted by atomic mass is 16.5. The predicted molar refractivity (Wildman–Crippen MR) is 92.9 cm³/mol. The molecule has 0 saturated carbocycles. The number of benzene rings is 2. The molecule has 0 saturated heterocycles. The van der Waals surface area contributed by atoms with E-state index in [1.807, 2.05) is 0 Å². The Morgan fingerprint density at radius 1 is 0.846 bits per heavy atom. The van der Waals surface area contributed by atoms with Gasteiger partial charge in [0.2, 0.25) is 5.78 Å². The van der Waals surface area contributed by atoms with Crippen molar-refractivity contribution in [3.63, 3.8) is 0 Å². The number of allylic oxidation sites excluding steroid dienone is 3. The summed E-state index contributed by atoms with van der Waals surface area (Å²) in [7, 11) is 0. The van der Waals surface area contributed by atoms with Crippen molar-refractivity contribution in [3.8, 4) is 11.5 Å². The minimum absolute atomic E-state index is 0.00158. The molecule has 3 rings (SSSR count). The molecule has 6 nitrogen and oxygen atoms in total. The number of ether oxygens (including phenoxy) is 1. The van der Waals surface area contributed by atoms with E-state index in [-0.39, 0.29) is 28.4 Å². The van der Waals surface area contributed by atoms with Crippen molar-refractivity contribution in [2.24, 2.45) is 0 Å². The number of ketones is 2. The number of phenolic OH excluding ortho intramolecular Hbond substituents is 2. The van der Waals surface area contributed by atoms with Gasteiger partial charge in [0.25, 0.3) is 0 Å². The molecule has 0 spiro atoms. The number of phenols is 2. The number of hydrogen-bond donors (Lipinski definition) is 2. The van der Waals surface area contributed by atoms with Crippen molar-refractivity contribution in [1.82, 2.24) is 0 Å². The van der Waals surface area contributed by atoms with Crippen LogP contribution in [-0.2, 0) is 19.1 Å². The molecule has 1 aliphatic rings. The van der Waals surface area contributed by atoms with Gasteiger partial charge in [0.1, 0.15) is 11.5 Å². The van der Waals surface area contributed by atoms with Crippen LogP contribution in [0.5, 0.6) is 11.5 Å². The first-order valence-corrected chi connectivity index (χ1v) is 7.69. The number of aromatic hydroxyl groups is 2. The third-order valence-corrected chi connectivity index (χ3v) is 3.78. The van der Waals surface area contributed by atoms with Gasteiger partial charge in [-0.1, -0.05) is 24.3 Å². The summed E-state index contributed by atoms with van der Waals surface area (Å²) < 4.78 is 5.06. The average Bonchev–Trinajstić information content (AvgIpc) is 2.60. The molecule has 2 aromatic rings. The van der Waals surface area contributed by atoms with Gasteiger partial charge in [0, 0.05) is 12.5 Å². The van der Waals surface area contributed by atoms with Gasteiger partial charge in [0.15, 0.2) is 11.5 Å². The van der Waals surface area contributed by atoms with Gasteiger partial charge in [0.05, 0.1) is 5.57 Å². The van der Waals surface area contributed by atoms with Crippen LogP contribution in [0.15, 0.2) is 60.4 Å². The van der Waals surface area contributed by atoms with E-state index in [9.17, 15) is 24.6 Å². The molecule has 0 radical (unpaired) electrons. The number of hydrogen-bond acceptors (Lipinski definition) is 6. The van der Waals surface area contributed by atoms with Crippen LogP contribution >= 0.6 is 0 Å². The van der Waals surface area contributed by atoms with Gasteiger partial charge in [-0.05, 0) is 41.5 Å². The van der Waals surface area contributed by atoms with Crippen molar-refractivity contribution in [3.05, 3.63) is 71.5 Å². The van der Waals surface area contributed by atoms with Crippen LogP contribution in [0, 0.1) is 0 Å². The minimum Gasteiger partial charge on any atom is -0.508 e. The van der Waals surface area contributed by atoms with Gasteiger partial charge in [-0.25, -0.2) is 0 Å². The van der Waals surface area contributed by atoms with Crippen LogP contribution in [0.2, 0.25) is 0 Å². The molecule has 6 heteroatoms. The second-order valence-corrected chi connectivity index (χ2v) is 5.64.